The zero-order valence-electron chi connectivity index (χ0n) is 13.3. The van der Waals surface area contributed by atoms with Crippen LogP contribution in [0.4, 0.5) is 0 Å². The molecule has 0 aliphatic carbocycles. The van der Waals surface area contributed by atoms with E-state index in [1.54, 1.807) is 11.3 Å². The maximum atomic E-state index is 5.37. The van der Waals surface area contributed by atoms with Crippen molar-refractivity contribution in [1.82, 2.24) is 10.6 Å². The molecule has 0 aliphatic heterocycles. The summed E-state index contributed by atoms with van der Waals surface area (Å²) in [6.45, 7) is 5.11. The summed E-state index contributed by atoms with van der Waals surface area (Å²) >= 11 is 7.12. The third-order valence-corrected chi connectivity index (χ3v) is 4.77. The fourth-order valence-electron chi connectivity index (χ4n) is 2.37. The quantitative estimate of drug-likeness (QED) is 0.721. The first-order valence-electron chi connectivity index (χ1n) is 7.91. The number of rotatable bonds is 7. The van der Waals surface area contributed by atoms with E-state index in [2.05, 4.69) is 66.3 Å². The van der Waals surface area contributed by atoms with Gasteiger partial charge in [-0.15, -0.1) is 11.3 Å². The number of benzene rings is 1. The standard InChI is InChI=1S/C18H24N2S2/c1-3-5-7-14-9-11-15(12-10-14)17(16-8-6-13-22-16)20-18(21)19-4-2/h6,8-13,17H,3-5,7H2,1-2H3,(H2,19,20,21)/t17-/m1/s1. The smallest absolute Gasteiger partial charge is 0.167 e. The summed E-state index contributed by atoms with van der Waals surface area (Å²) in [5, 5.41) is 9.41. The third-order valence-electron chi connectivity index (χ3n) is 3.57. The molecule has 0 spiro atoms. The normalized spacial score (nSPS) is 11.9. The van der Waals surface area contributed by atoms with Crippen molar-refractivity contribution in [2.75, 3.05) is 6.54 Å². The van der Waals surface area contributed by atoms with Gasteiger partial charge in [-0.1, -0.05) is 43.7 Å². The Kier molecular flexibility index (Phi) is 6.87. The molecule has 0 aliphatic rings. The van der Waals surface area contributed by atoms with Gasteiger partial charge in [-0.2, -0.15) is 0 Å². The molecule has 1 aromatic carbocycles. The third kappa shape index (κ3) is 4.82. The van der Waals surface area contributed by atoms with E-state index in [0.717, 1.165) is 13.0 Å². The van der Waals surface area contributed by atoms with Crippen LogP contribution in [-0.2, 0) is 6.42 Å². The second-order valence-electron chi connectivity index (χ2n) is 5.30. The molecule has 118 valence electrons. The number of hydrogen-bond donors (Lipinski definition) is 2. The van der Waals surface area contributed by atoms with Crippen molar-refractivity contribution in [3.8, 4) is 0 Å². The van der Waals surface area contributed by atoms with E-state index in [-0.39, 0.29) is 6.04 Å². The van der Waals surface area contributed by atoms with Crippen molar-refractivity contribution >= 4 is 28.7 Å². The minimum absolute atomic E-state index is 0.117. The Morgan fingerprint density at radius 1 is 1.18 bits per heavy atom. The first-order valence-corrected chi connectivity index (χ1v) is 9.20. The molecule has 0 radical (unpaired) electrons. The molecule has 1 heterocycles. The highest BCUT2D eigenvalue weighted by atomic mass is 32.1. The van der Waals surface area contributed by atoms with Gasteiger partial charge in [0.15, 0.2) is 5.11 Å². The molecule has 2 N–H and O–H groups in total. The summed E-state index contributed by atoms with van der Waals surface area (Å²) < 4.78 is 0. The Balaban J connectivity index is 2.16. The zero-order chi connectivity index (χ0) is 15.8. The molecular weight excluding hydrogens is 308 g/mol. The first kappa shape index (κ1) is 17.0. The van der Waals surface area contributed by atoms with Crippen LogP contribution < -0.4 is 10.6 Å². The van der Waals surface area contributed by atoms with Gasteiger partial charge < -0.3 is 10.6 Å². The van der Waals surface area contributed by atoms with E-state index in [1.807, 2.05) is 0 Å². The maximum absolute atomic E-state index is 5.37. The molecule has 2 nitrogen and oxygen atoms in total. The van der Waals surface area contributed by atoms with Crippen molar-refractivity contribution in [2.24, 2.45) is 0 Å². The van der Waals surface area contributed by atoms with Gasteiger partial charge in [0, 0.05) is 11.4 Å². The maximum Gasteiger partial charge on any atom is 0.167 e. The van der Waals surface area contributed by atoms with Crippen molar-refractivity contribution in [3.05, 3.63) is 57.8 Å². The van der Waals surface area contributed by atoms with E-state index in [4.69, 9.17) is 12.2 Å². The molecule has 0 unspecified atom stereocenters. The van der Waals surface area contributed by atoms with E-state index < -0.39 is 0 Å². The van der Waals surface area contributed by atoms with Gasteiger partial charge in [-0.05, 0) is 54.6 Å². The minimum atomic E-state index is 0.117. The highest BCUT2D eigenvalue weighted by Crippen LogP contribution is 2.26. The van der Waals surface area contributed by atoms with Crippen molar-refractivity contribution in [1.29, 1.82) is 0 Å². The molecule has 0 fully saturated rings. The van der Waals surface area contributed by atoms with Crippen LogP contribution in [0, 0.1) is 0 Å². The summed E-state index contributed by atoms with van der Waals surface area (Å²) in [5.41, 5.74) is 2.66. The summed E-state index contributed by atoms with van der Waals surface area (Å²) in [7, 11) is 0. The largest absolute Gasteiger partial charge is 0.363 e. The highest BCUT2D eigenvalue weighted by molar-refractivity contribution is 7.80. The second kappa shape index (κ2) is 8.91. The summed E-state index contributed by atoms with van der Waals surface area (Å²) in [5.74, 6) is 0. The van der Waals surface area contributed by atoms with Gasteiger partial charge in [0.1, 0.15) is 0 Å². The van der Waals surface area contributed by atoms with Crippen LogP contribution in [0.5, 0.6) is 0 Å². The lowest BCUT2D eigenvalue weighted by atomic mass is 10.0. The van der Waals surface area contributed by atoms with Gasteiger partial charge >= 0.3 is 0 Å². The van der Waals surface area contributed by atoms with Crippen molar-refractivity contribution in [3.63, 3.8) is 0 Å². The highest BCUT2D eigenvalue weighted by Gasteiger charge is 2.16. The van der Waals surface area contributed by atoms with Gasteiger partial charge in [0.2, 0.25) is 0 Å². The predicted octanol–water partition coefficient (Wildman–Crippen LogP) is 4.66. The number of unbranched alkanes of at least 4 members (excludes halogenated alkanes) is 1. The molecular formula is C18H24N2S2. The van der Waals surface area contributed by atoms with Crippen LogP contribution >= 0.6 is 23.6 Å². The molecule has 0 saturated heterocycles. The molecule has 0 amide bonds. The molecule has 0 bridgehead atoms. The fraction of sp³-hybridized carbons (Fsp3) is 0.389. The lowest BCUT2D eigenvalue weighted by molar-refractivity contribution is 0.752. The molecule has 0 saturated carbocycles. The molecule has 2 rings (SSSR count). The average molecular weight is 333 g/mol. The van der Waals surface area contributed by atoms with Crippen LogP contribution in [0.1, 0.15) is 48.7 Å². The molecule has 22 heavy (non-hydrogen) atoms. The van der Waals surface area contributed by atoms with Crippen molar-refractivity contribution in [2.45, 2.75) is 39.2 Å². The number of thiocarbonyl (C=S) groups is 1. The van der Waals surface area contributed by atoms with Gasteiger partial charge in [-0.25, -0.2) is 0 Å². The molecule has 2 aromatic rings. The SMILES string of the molecule is CCCCc1ccc([C@@H](NC(=S)NCC)c2cccs2)cc1. The lowest BCUT2D eigenvalue weighted by Gasteiger charge is -2.20. The monoisotopic (exact) mass is 332 g/mol. The number of aryl methyl sites for hydroxylation is 1. The zero-order valence-corrected chi connectivity index (χ0v) is 14.9. The average Bonchev–Trinajstić information content (AvgIpc) is 3.06. The van der Waals surface area contributed by atoms with Gasteiger partial charge in [0.25, 0.3) is 0 Å². The van der Waals surface area contributed by atoms with E-state index in [1.165, 1.54) is 28.8 Å². The van der Waals surface area contributed by atoms with E-state index in [0.29, 0.717) is 5.11 Å². The molecule has 4 heteroatoms. The summed E-state index contributed by atoms with van der Waals surface area (Å²) in [6.07, 6.45) is 3.64. The fourth-order valence-corrected chi connectivity index (χ4v) is 3.44. The second-order valence-corrected chi connectivity index (χ2v) is 6.68. The molecule has 1 aromatic heterocycles. The van der Waals surface area contributed by atoms with Crippen molar-refractivity contribution < 1.29 is 0 Å². The van der Waals surface area contributed by atoms with E-state index in [9.17, 15) is 0 Å². The van der Waals surface area contributed by atoms with E-state index >= 15 is 0 Å². The van der Waals surface area contributed by atoms with Crippen LogP contribution in [0.3, 0.4) is 0 Å². The Labute approximate surface area is 143 Å². The Bertz CT molecular complexity index is 561. The lowest BCUT2D eigenvalue weighted by Crippen LogP contribution is -2.37. The van der Waals surface area contributed by atoms with Crippen LogP contribution in [0.25, 0.3) is 0 Å². The number of thiophene rings is 1. The number of nitrogens with one attached hydrogen (secondary N) is 2. The van der Waals surface area contributed by atoms with Gasteiger partial charge in [-0.3, -0.25) is 0 Å². The van der Waals surface area contributed by atoms with Crippen LogP contribution in [0.15, 0.2) is 41.8 Å². The predicted molar refractivity (Wildman–Crippen MR) is 101 cm³/mol. The van der Waals surface area contributed by atoms with Crippen LogP contribution in [0.2, 0.25) is 0 Å². The molecule has 1 atom stereocenters. The van der Waals surface area contributed by atoms with Crippen LogP contribution in [-0.4, -0.2) is 11.7 Å². The Morgan fingerprint density at radius 3 is 2.55 bits per heavy atom. The summed E-state index contributed by atoms with van der Waals surface area (Å²) in [6, 6.07) is 13.3. The Hall–Kier alpha value is -1.39. The topological polar surface area (TPSA) is 24.1 Å². The minimum Gasteiger partial charge on any atom is -0.363 e. The number of hydrogen-bond acceptors (Lipinski definition) is 2. The first-order chi connectivity index (χ1) is 10.7. The summed E-state index contributed by atoms with van der Waals surface area (Å²) in [4.78, 5) is 1.28. The van der Waals surface area contributed by atoms with Gasteiger partial charge in [0.05, 0.1) is 6.04 Å². The Morgan fingerprint density at radius 2 is 1.95 bits per heavy atom.